The van der Waals surface area contributed by atoms with E-state index in [0.717, 1.165) is 50.6 Å². The van der Waals surface area contributed by atoms with E-state index < -0.39 is 11.9 Å². The molecule has 0 spiro atoms. The summed E-state index contributed by atoms with van der Waals surface area (Å²) in [6.07, 6.45) is 0.321. The van der Waals surface area contributed by atoms with Crippen LogP contribution in [0.2, 0.25) is 0 Å². The van der Waals surface area contributed by atoms with Crippen molar-refractivity contribution < 1.29 is 13.2 Å². The molecule has 3 heterocycles. The third-order valence-electron chi connectivity index (χ3n) is 4.49. The molecule has 1 atom stereocenters. The number of likely N-dealkylation sites (N-methyl/N-ethyl adjacent to an activating group) is 1. The number of nitrogens with zero attached hydrogens (tertiary/aromatic N) is 6. The molecule has 0 bridgehead atoms. The van der Waals surface area contributed by atoms with E-state index >= 15 is 0 Å². The number of aromatic nitrogens is 4. The molecule has 1 aliphatic heterocycles. The fourth-order valence-electron chi connectivity index (χ4n) is 3.15. The smallest absolute Gasteiger partial charge is 0.355 e. The molecule has 1 saturated heterocycles. The van der Waals surface area contributed by atoms with E-state index in [-0.39, 0.29) is 6.04 Å². The minimum Gasteiger partial charge on any atom is -0.355 e. The largest absolute Gasteiger partial charge is 0.433 e. The van der Waals surface area contributed by atoms with Crippen LogP contribution in [0.25, 0.3) is 0 Å². The molecule has 6 nitrogen and oxygen atoms in total. The first-order valence-corrected chi connectivity index (χ1v) is 8.16. The number of aryl methyl sites for hydroxylation is 1. The molecule has 3 rings (SSSR count). The molecular formula is C16H21F3N6. The van der Waals surface area contributed by atoms with Crippen LogP contribution in [-0.4, -0.2) is 50.8 Å². The third kappa shape index (κ3) is 4.28. The Bertz CT molecular complexity index is 714. The molecule has 136 valence electrons. The molecule has 0 aromatic carbocycles. The number of alkyl halides is 3. The highest BCUT2D eigenvalue weighted by Crippen LogP contribution is 2.29. The predicted octanol–water partition coefficient (Wildman–Crippen LogP) is 2.33. The lowest BCUT2D eigenvalue weighted by Gasteiger charge is -2.38. The second-order valence-electron chi connectivity index (χ2n) is 6.38. The molecule has 1 fully saturated rings. The lowest BCUT2D eigenvalue weighted by molar-refractivity contribution is -0.141. The van der Waals surface area contributed by atoms with Crippen molar-refractivity contribution >= 4 is 5.82 Å². The average molecular weight is 354 g/mol. The summed E-state index contributed by atoms with van der Waals surface area (Å²) in [5.74, 6) is 0.298. The lowest BCUT2D eigenvalue weighted by Crippen LogP contribution is -2.46. The summed E-state index contributed by atoms with van der Waals surface area (Å²) < 4.78 is 40.3. The first-order chi connectivity index (χ1) is 11.8. The van der Waals surface area contributed by atoms with Gasteiger partial charge in [-0.05, 0) is 25.5 Å². The SMILES string of the molecule is CN(c1cc(C(F)(F)F)ncn1)C1CCCN(Cc2ccn(C)n2)C1. The van der Waals surface area contributed by atoms with Gasteiger partial charge in [0.25, 0.3) is 0 Å². The van der Waals surface area contributed by atoms with E-state index in [1.165, 1.54) is 0 Å². The van der Waals surface area contributed by atoms with Crippen molar-refractivity contribution in [1.29, 1.82) is 0 Å². The van der Waals surface area contributed by atoms with Gasteiger partial charge in [-0.1, -0.05) is 0 Å². The van der Waals surface area contributed by atoms with Gasteiger partial charge in [0.2, 0.25) is 0 Å². The highest BCUT2D eigenvalue weighted by molar-refractivity contribution is 5.40. The summed E-state index contributed by atoms with van der Waals surface area (Å²) in [7, 11) is 3.67. The Morgan fingerprint density at radius 2 is 2.12 bits per heavy atom. The van der Waals surface area contributed by atoms with Gasteiger partial charge in [-0.15, -0.1) is 0 Å². The Hall–Kier alpha value is -2.16. The Kier molecular flexibility index (Phi) is 4.94. The number of piperidine rings is 1. The van der Waals surface area contributed by atoms with Crippen molar-refractivity contribution in [2.75, 3.05) is 25.0 Å². The molecule has 0 saturated carbocycles. The Morgan fingerprint density at radius 3 is 2.80 bits per heavy atom. The summed E-state index contributed by atoms with van der Waals surface area (Å²) in [5.41, 5.74) is 0.0812. The summed E-state index contributed by atoms with van der Waals surface area (Å²) in [4.78, 5) is 11.4. The monoisotopic (exact) mass is 354 g/mol. The molecule has 0 aliphatic carbocycles. The zero-order valence-corrected chi connectivity index (χ0v) is 14.2. The van der Waals surface area contributed by atoms with Crippen LogP contribution in [0.3, 0.4) is 0 Å². The topological polar surface area (TPSA) is 50.1 Å². The maximum atomic E-state index is 12.9. The Morgan fingerprint density at radius 1 is 1.32 bits per heavy atom. The van der Waals surface area contributed by atoms with E-state index in [9.17, 15) is 13.2 Å². The van der Waals surface area contributed by atoms with Gasteiger partial charge in [0, 0.05) is 45.5 Å². The van der Waals surface area contributed by atoms with E-state index in [0.29, 0.717) is 5.82 Å². The van der Waals surface area contributed by atoms with Gasteiger partial charge < -0.3 is 4.90 Å². The minimum atomic E-state index is -4.46. The van der Waals surface area contributed by atoms with Gasteiger partial charge in [-0.3, -0.25) is 9.58 Å². The number of halogens is 3. The van der Waals surface area contributed by atoms with Crippen LogP contribution >= 0.6 is 0 Å². The van der Waals surface area contributed by atoms with Crippen LogP contribution in [0.1, 0.15) is 24.2 Å². The van der Waals surface area contributed by atoms with Crippen molar-refractivity contribution in [3.8, 4) is 0 Å². The van der Waals surface area contributed by atoms with E-state index in [1.54, 1.807) is 11.7 Å². The zero-order valence-electron chi connectivity index (χ0n) is 14.2. The van der Waals surface area contributed by atoms with Gasteiger partial charge in [0.05, 0.1) is 5.69 Å². The van der Waals surface area contributed by atoms with Crippen molar-refractivity contribution in [2.45, 2.75) is 31.6 Å². The average Bonchev–Trinajstić information content (AvgIpc) is 2.98. The highest BCUT2D eigenvalue weighted by atomic mass is 19.4. The van der Waals surface area contributed by atoms with Gasteiger partial charge in [-0.2, -0.15) is 18.3 Å². The van der Waals surface area contributed by atoms with Crippen LogP contribution < -0.4 is 4.90 Å². The molecule has 25 heavy (non-hydrogen) atoms. The highest BCUT2D eigenvalue weighted by Gasteiger charge is 2.34. The van der Waals surface area contributed by atoms with Crippen molar-refractivity contribution in [1.82, 2.24) is 24.6 Å². The maximum Gasteiger partial charge on any atom is 0.433 e. The van der Waals surface area contributed by atoms with E-state index in [1.807, 2.05) is 24.2 Å². The number of hydrogen-bond donors (Lipinski definition) is 0. The molecule has 0 radical (unpaired) electrons. The number of anilines is 1. The molecule has 2 aromatic heterocycles. The summed E-state index contributed by atoms with van der Waals surface area (Å²) in [5, 5.41) is 4.39. The minimum absolute atomic E-state index is 0.105. The fraction of sp³-hybridized carbons (Fsp3) is 0.562. The first kappa shape index (κ1) is 17.7. The second-order valence-corrected chi connectivity index (χ2v) is 6.38. The zero-order chi connectivity index (χ0) is 18.0. The van der Waals surface area contributed by atoms with Crippen LogP contribution in [-0.2, 0) is 19.8 Å². The van der Waals surface area contributed by atoms with Gasteiger partial charge in [0.15, 0.2) is 0 Å². The molecule has 0 amide bonds. The predicted molar refractivity (Wildman–Crippen MR) is 86.9 cm³/mol. The van der Waals surface area contributed by atoms with Crippen molar-refractivity contribution in [3.05, 3.63) is 36.0 Å². The summed E-state index contributed by atoms with van der Waals surface area (Å²) in [6, 6.07) is 3.10. The van der Waals surface area contributed by atoms with E-state index in [2.05, 4.69) is 20.0 Å². The van der Waals surface area contributed by atoms with Crippen LogP contribution in [0.4, 0.5) is 19.0 Å². The molecule has 0 N–H and O–H groups in total. The number of likely N-dealkylation sites (tertiary alicyclic amines) is 1. The van der Waals surface area contributed by atoms with Gasteiger partial charge >= 0.3 is 6.18 Å². The van der Waals surface area contributed by atoms with Crippen LogP contribution in [0, 0.1) is 0 Å². The third-order valence-corrected chi connectivity index (χ3v) is 4.49. The fourth-order valence-corrected chi connectivity index (χ4v) is 3.15. The standard InChI is InChI=1S/C16H21F3N6/c1-23-7-5-12(22-23)9-25-6-3-4-13(10-25)24(2)15-8-14(16(17,18)19)20-11-21-15/h5,7-8,11,13H,3-4,6,9-10H2,1-2H3. The molecule has 1 aliphatic rings. The molecular weight excluding hydrogens is 333 g/mol. The van der Waals surface area contributed by atoms with E-state index in [4.69, 9.17) is 0 Å². The van der Waals surface area contributed by atoms with Crippen LogP contribution in [0.15, 0.2) is 24.7 Å². The maximum absolute atomic E-state index is 12.9. The number of rotatable bonds is 4. The van der Waals surface area contributed by atoms with Crippen molar-refractivity contribution in [2.24, 2.45) is 7.05 Å². The molecule has 9 heteroatoms. The normalized spacial score (nSPS) is 19.2. The lowest BCUT2D eigenvalue weighted by atomic mass is 10.0. The first-order valence-electron chi connectivity index (χ1n) is 8.16. The molecule has 1 unspecified atom stereocenters. The van der Waals surface area contributed by atoms with Gasteiger partial charge in [-0.25, -0.2) is 9.97 Å². The second kappa shape index (κ2) is 6.99. The summed E-state index contributed by atoms with van der Waals surface area (Å²) >= 11 is 0. The Balaban J connectivity index is 1.68. The Labute approximate surface area is 144 Å². The van der Waals surface area contributed by atoms with Gasteiger partial charge in [0.1, 0.15) is 17.8 Å². The molecule has 2 aromatic rings. The number of hydrogen-bond acceptors (Lipinski definition) is 5. The summed E-state index contributed by atoms with van der Waals surface area (Å²) in [6.45, 7) is 2.46. The van der Waals surface area contributed by atoms with Crippen LogP contribution in [0.5, 0.6) is 0 Å². The quantitative estimate of drug-likeness (QED) is 0.844. The van der Waals surface area contributed by atoms with Crippen molar-refractivity contribution in [3.63, 3.8) is 0 Å².